The molecule has 1 aromatic heterocycles. The maximum atomic E-state index is 12.0. The number of halogens is 1. The highest BCUT2D eigenvalue weighted by Gasteiger charge is 2.12. The zero-order valence-electron chi connectivity index (χ0n) is 11.2. The number of nitrogens with one attached hydrogen (secondary N) is 1. The molecular formula is C14H15ClN2O3. The molecule has 2 N–H and O–H groups in total. The first-order chi connectivity index (χ1) is 9.56. The van der Waals surface area contributed by atoms with Crippen molar-refractivity contribution in [1.82, 2.24) is 9.97 Å². The highest BCUT2D eigenvalue weighted by molar-refractivity contribution is 6.30. The quantitative estimate of drug-likeness (QED) is 0.903. The van der Waals surface area contributed by atoms with Gasteiger partial charge >= 0.3 is 0 Å². The third-order valence-corrected chi connectivity index (χ3v) is 3.24. The van der Waals surface area contributed by atoms with Gasteiger partial charge in [0.1, 0.15) is 11.6 Å². The van der Waals surface area contributed by atoms with Gasteiger partial charge in [-0.3, -0.25) is 4.79 Å². The molecule has 5 nitrogen and oxygen atoms in total. The second kappa shape index (κ2) is 6.07. The van der Waals surface area contributed by atoms with Crippen LogP contribution in [-0.4, -0.2) is 28.8 Å². The van der Waals surface area contributed by atoms with Gasteiger partial charge in [-0.15, -0.1) is 0 Å². The van der Waals surface area contributed by atoms with Crippen LogP contribution < -0.4 is 10.3 Å². The fourth-order valence-electron chi connectivity index (χ4n) is 2.00. The Balaban J connectivity index is 2.57. The van der Waals surface area contributed by atoms with E-state index in [9.17, 15) is 4.79 Å². The van der Waals surface area contributed by atoms with E-state index in [1.165, 1.54) is 7.11 Å². The van der Waals surface area contributed by atoms with Crippen molar-refractivity contribution in [2.75, 3.05) is 13.7 Å². The lowest BCUT2D eigenvalue weighted by atomic mass is 10.1. The van der Waals surface area contributed by atoms with Crippen molar-refractivity contribution in [2.45, 2.75) is 13.3 Å². The number of hydrogen-bond donors (Lipinski definition) is 2. The summed E-state index contributed by atoms with van der Waals surface area (Å²) in [5.41, 5.74) is 1.49. The second-order valence-corrected chi connectivity index (χ2v) is 4.73. The Morgan fingerprint density at radius 3 is 2.80 bits per heavy atom. The van der Waals surface area contributed by atoms with Gasteiger partial charge in [0.25, 0.3) is 5.56 Å². The number of aliphatic hydroxyl groups excluding tert-OH is 1. The fourth-order valence-corrected chi connectivity index (χ4v) is 2.17. The molecular weight excluding hydrogens is 280 g/mol. The van der Waals surface area contributed by atoms with Gasteiger partial charge in [0.2, 0.25) is 0 Å². The number of aliphatic hydroxyl groups is 1. The molecule has 0 atom stereocenters. The zero-order chi connectivity index (χ0) is 14.7. The van der Waals surface area contributed by atoms with E-state index < -0.39 is 0 Å². The molecule has 2 aromatic rings. The van der Waals surface area contributed by atoms with Gasteiger partial charge in [-0.1, -0.05) is 11.6 Å². The molecule has 0 radical (unpaired) electrons. The molecule has 106 valence electrons. The molecule has 0 amide bonds. The van der Waals surface area contributed by atoms with Crippen LogP contribution in [0.4, 0.5) is 0 Å². The second-order valence-electron chi connectivity index (χ2n) is 4.30. The van der Waals surface area contributed by atoms with Crippen LogP contribution >= 0.6 is 11.6 Å². The molecule has 0 aliphatic carbocycles. The number of H-pyrrole nitrogens is 1. The molecule has 0 unspecified atom stereocenters. The van der Waals surface area contributed by atoms with E-state index in [0.717, 1.165) is 0 Å². The molecule has 0 saturated heterocycles. The third-order valence-electron chi connectivity index (χ3n) is 3.00. The van der Waals surface area contributed by atoms with Crippen molar-refractivity contribution in [3.63, 3.8) is 0 Å². The molecule has 1 aromatic carbocycles. The summed E-state index contributed by atoms with van der Waals surface area (Å²) in [6, 6.07) is 5.11. The van der Waals surface area contributed by atoms with E-state index in [1.807, 2.05) is 0 Å². The van der Waals surface area contributed by atoms with Crippen molar-refractivity contribution >= 4 is 11.6 Å². The van der Waals surface area contributed by atoms with Crippen molar-refractivity contribution in [3.05, 3.63) is 44.8 Å². The average molecular weight is 295 g/mol. The number of aryl methyl sites for hydroxylation is 1. The van der Waals surface area contributed by atoms with Gasteiger partial charge in [-0.05, 0) is 25.1 Å². The van der Waals surface area contributed by atoms with Gasteiger partial charge in [0.15, 0.2) is 0 Å². The average Bonchev–Trinajstić information content (AvgIpc) is 2.42. The third kappa shape index (κ3) is 2.84. The molecule has 0 aliphatic heterocycles. The number of benzene rings is 1. The molecule has 6 heteroatoms. The van der Waals surface area contributed by atoms with Crippen molar-refractivity contribution < 1.29 is 9.84 Å². The van der Waals surface area contributed by atoms with Crippen LogP contribution in [0.3, 0.4) is 0 Å². The van der Waals surface area contributed by atoms with Gasteiger partial charge < -0.3 is 14.8 Å². The van der Waals surface area contributed by atoms with Gasteiger partial charge in [0, 0.05) is 29.3 Å². The number of aromatic nitrogens is 2. The van der Waals surface area contributed by atoms with Crippen LogP contribution in [0.25, 0.3) is 11.4 Å². The van der Waals surface area contributed by atoms with Gasteiger partial charge in [-0.25, -0.2) is 4.98 Å². The van der Waals surface area contributed by atoms with Crippen LogP contribution in [0.5, 0.6) is 5.75 Å². The standard InChI is InChI=1S/C14H15ClN2O3/c1-8-10(5-6-18)14(19)17-13(16-8)11-4-3-9(15)7-12(11)20-2/h3-4,7,18H,5-6H2,1-2H3,(H,16,17,19). The number of aromatic amines is 1. The summed E-state index contributed by atoms with van der Waals surface area (Å²) in [6.07, 6.45) is 0.284. The van der Waals surface area contributed by atoms with E-state index in [-0.39, 0.29) is 18.6 Å². The predicted octanol–water partition coefficient (Wildman–Crippen LogP) is 1.94. The first kappa shape index (κ1) is 14.6. The Morgan fingerprint density at radius 1 is 1.45 bits per heavy atom. The summed E-state index contributed by atoms with van der Waals surface area (Å²) < 4.78 is 5.25. The lowest BCUT2D eigenvalue weighted by molar-refractivity contribution is 0.298. The highest BCUT2D eigenvalue weighted by Crippen LogP contribution is 2.29. The van der Waals surface area contributed by atoms with Crippen LogP contribution in [0.15, 0.2) is 23.0 Å². The Kier molecular flexibility index (Phi) is 4.42. The molecule has 20 heavy (non-hydrogen) atoms. The minimum Gasteiger partial charge on any atom is -0.496 e. The van der Waals surface area contributed by atoms with E-state index in [1.54, 1.807) is 25.1 Å². The Bertz CT molecular complexity index is 683. The van der Waals surface area contributed by atoms with Crippen LogP contribution in [0, 0.1) is 6.92 Å². The van der Waals surface area contributed by atoms with E-state index >= 15 is 0 Å². The summed E-state index contributed by atoms with van der Waals surface area (Å²) in [4.78, 5) is 19.1. The molecule has 0 fully saturated rings. The lowest BCUT2D eigenvalue weighted by Gasteiger charge is -2.10. The number of ether oxygens (including phenoxy) is 1. The summed E-state index contributed by atoms with van der Waals surface area (Å²) >= 11 is 5.91. The summed E-state index contributed by atoms with van der Waals surface area (Å²) in [7, 11) is 1.53. The monoisotopic (exact) mass is 294 g/mol. The topological polar surface area (TPSA) is 75.2 Å². The van der Waals surface area contributed by atoms with Crippen LogP contribution in [0.2, 0.25) is 5.02 Å². The molecule has 0 saturated carbocycles. The zero-order valence-corrected chi connectivity index (χ0v) is 12.0. The molecule has 0 spiro atoms. The summed E-state index contributed by atoms with van der Waals surface area (Å²) in [6.45, 7) is 1.65. The normalized spacial score (nSPS) is 10.6. The van der Waals surface area contributed by atoms with Gasteiger partial charge in [-0.2, -0.15) is 0 Å². The summed E-state index contributed by atoms with van der Waals surface area (Å²) in [5.74, 6) is 0.956. The van der Waals surface area contributed by atoms with E-state index in [4.69, 9.17) is 21.4 Å². The van der Waals surface area contributed by atoms with Crippen molar-refractivity contribution in [2.24, 2.45) is 0 Å². The molecule has 0 bridgehead atoms. The van der Waals surface area contributed by atoms with Crippen LogP contribution in [-0.2, 0) is 6.42 Å². The lowest BCUT2D eigenvalue weighted by Crippen LogP contribution is -2.18. The highest BCUT2D eigenvalue weighted by atomic mass is 35.5. The predicted molar refractivity (Wildman–Crippen MR) is 77.4 cm³/mol. The minimum atomic E-state index is -0.251. The Labute approximate surface area is 121 Å². The number of methoxy groups -OCH3 is 1. The Morgan fingerprint density at radius 2 is 2.20 bits per heavy atom. The molecule has 1 heterocycles. The van der Waals surface area contributed by atoms with E-state index in [0.29, 0.717) is 33.4 Å². The number of rotatable bonds is 4. The largest absolute Gasteiger partial charge is 0.496 e. The SMILES string of the molecule is COc1cc(Cl)ccc1-c1nc(C)c(CCO)c(=O)[nH]1. The fraction of sp³-hybridized carbons (Fsp3) is 0.286. The first-order valence-electron chi connectivity index (χ1n) is 6.11. The maximum Gasteiger partial charge on any atom is 0.254 e. The number of nitrogens with zero attached hydrogens (tertiary/aromatic N) is 1. The maximum absolute atomic E-state index is 12.0. The minimum absolute atomic E-state index is 0.0881. The first-order valence-corrected chi connectivity index (χ1v) is 6.49. The molecule has 2 rings (SSSR count). The van der Waals surface area contributed by atoms with Crippen molar-refractivity contribution in [1.29, 1.82) is 0 Å². The Hall–Kier alpha value is -1.85. The summed E-state index contributed by atoms with van der Waals surface area (Å²) in [5, 5.41) is 9.50. The smallest absolute Gasteiger partial charge is 0.254 e. The van der Waals surface area contributed by atoms with E-state index in [2.05, 4.69) is 9.97 Å². The van der Waals surface area contributed by atoms with Crippen LogP contribution in [0.1, 0.15) is 11.3 Å². The van der Waals surface area contributed by atoms with Gasteiger partial charge in [0.05, 0.1) is 12.7 Å². The van der Waals surface area contributed by atoms with Crippen molar-refractivity contribution in [3.8, 4) is 17.1 Å². The number of hydrogen-bond acceptors (Lipinski definition) is 4. The molecule has 0 aliphatic rings.